The minimum atomic E-state index is 0.652. The van der Waals surface area contributed by atoms with E-state index in [0.717, 1.165) is 18.9 Å². The van der Waals surface area contributed by atoms with Crippen LogP contribution in [0.3, 0.4) is 0 Å². The highest BCUT2D eigenvalue weighted by molar-refractivity contribution is 7.07. The molecule has 0 saturated heterocycles. The van der Waals surface area contributed by atoms with E-state index in [1.165, 1.54) is 18.4 Å². The fraction of sp³-hybridized carbons (Fsp3) is 0.692. The molecule has 1 rings (SSSR count). The molecule has 0 aliphatic heterocycles. The summed E-state index contributed by atoms with van der Waals surface area (Å²) in [5, 5.41) is 8.02. The van der Waals surface area contributed by atoms with Crippen molar-refractivity contribution in [3.05, 3.63) is 22.4 Å². The molecule has 1 N–H and O–H groups in total. The molecule has 0 aliphatic rings. The highest BCUT2D eigenvalue weighted by Crippen LogP contribution is 2.12. The average molecular weight is 225 g/mol. The summed E-state index contributed by atoms with van der Waals surface area (Å²) in [6, 6.07) is 2.87. The maximum atomic E-state index is 3.63. The summed E-state index contributed by atoms with van der Waals surface area (Å²) < 4.78 is 0. The van der Waals surface area contributed by atoms with Crippen molar-refractivity contribution >= 4 is 11.3 Å². The smallest absolute Gasteiger partial charge is 0.00669 e. The van der Waals surface area contributed by atoms with Gasteiger partial charge in [-0.3, -0.25) is 0 Å². The van der Waals surface area contributed by atoms with Gasteiger partial charge in [0.25, 0.3) is 0 Å². The third kappa shape index (κ3) is 4.35. The molecule has 1 nitrogen and oxygen atoms in total. The van der Waals surface area contributed by atoms with E-state index in [1.54, 1.807) is 11.3 Å². The second-order valence-corrected chi connectivity index (χ2v) is 4.98. The molecule has 0 amide bonds. The maximum Gasteiger partial charge on any atom is 0.00669 e. The van der Waals surface area contributed by atoms with E-state index in [1.807, 2.05) is 0 Å². The molecule has 15 heavy (non-hydrogen) atoms. The van der Waals surface area contributed by atoms with Crippen molar-refractivity contribution in [2.24, 2.45) is 5.92 Å². The van der Waals surface area contributed by atoms with Gasteiger partial charge in [-0.25, -0.2) is 0 Å². The number of nitrogens with one attached hydrogen (secondary N) is 1. The van der Waals surface area contributed by atoms with Gasteiger partial charge in [-0.1, -0.05) is 26.7 Å². The predicted octanol–water partition coefficient (Wildman–Crippen LogP) is 3.70. The van der Waals surface area contributed by atoms with Gasteiger partial charge in [0, 0.05) is 6.04 Å². The van der Waals surface area contributed by atoms with E-state index in [9.17, 15) is 0 Å². The highest BCUT2D eigenvalue weighted by Gasteiger charge is 2.11. The van der Waals surface area contributed by atoms with Gasteiger partial charge < -0.3 is 5.32 Å². The monoisotopic (exact) mass is 225 g/mol. The molecule has 0 bridgehead atoms. The molecule has 0 fully saturated rings. The van der Waals surface area contributed by atoms with Gasteiger partial charge in [0.05, 0.1) is 0 Å². The Bertz CT molecular complexity index is 239. The van der Waals surface area contributed by atoms with Gasteiger partial charge >= 0.3 is 0 Å². The number of rotatable bonds is 7. The zero-order valence-corrected chi connectivity index (χ0v) is 10.9. The van der Waals surface area contributed by atoms with Crippen LogP contribution in [-0.2, 0) is 6.42 Å². The van der Waals surface area contributed by atoms with E-state index in [4.69, 9.17) is 0 Å². The van der Waals surface area contributed by atoms with E-state index >= 15 is 0 Å². The molecule has 1 aromatic rings. The lowest BCUT2D eigenvalue weighted by Crippen LogP contribution is -2.34. The Kier molecular flexibility index (Phi) is 5.96. The van der Waals surface area contributed by atoms with Crippen molar-refractivity contribution in [2.75, 3.05) is 6.54 Å². The normalized spacial score (nSPS) is 13.3. The molecular weight excluding hydrogens is 202 g/mol. The van der Waals surface area contributed by atoms with Crippen molar-refractivity contribution < 1.29 is 0 Å². The fourth-order valence-electron chi connectivity index (χ4n) is 2.04. The van der Waals surface area contributed by atoms with Crippen LogP contribution in [0.4, 0.5) is 0 Å². The zero-order valence-electron chi connectivity index (χ0n) is 10.1. The van der Waals surface area contributed by atoms with E-state index < -0.39 is 0 Å². The molecule has 86 valence electrons. The Labute approximate surface area is 97.9 Å². The van der Waals surface area contributed by atoms with Gasteiger partial charge in [-0.05, 0) is 48.2 Å². The second kappa shape index (κ2) is 7.02. The Morgan fingerprint density at radius 3 is 2.60 bits per heavy atom. The summed E-state index contributed by atoms with van der Waals surface area (Å²) in [6.45, 7) is 7.98. The first-order valence-corrected chi connectivity index (χ1v) is 6.96. The number of thiophene rings is 1. The van der Waals surface area contributed by atoms with E-state index in [2.05, 4.69) is 42.9 Å². The summed E-state index contributed by atoms with van der Waals surface area (Å²) >= 11 is 1.79. The molecular formula is C13H23NS. The van der Waals surface area contributed by atoms with Crippen molar-refractivity contribution in [2.45, 2.75) is 46.1 Å². The summed E-state index contributed by atoms with van der Waals surface area (Å²) in [5.41, 5.74) is 1.46. The zero-order chi connectivity index (χ0) is 11.1. The fourth-order valence-corrected chi connectivity index (χ4v) is 2.74. The van der Waals surface area contributed by atoms with Crippen LogP contribution in [0.1, 0.15) is 39.2 Å². The summed E-state index contributed by atoms with van der Waals surface area (Å²) in [6.07, 6.45) is 3.72. The van der Waals surface area contributed by atoms with Crippen LogP contribution in [-0.4, -0.2) is 12.6 Å². The van der Waals surface area contributed by atoms with Crippen LogP contribution in [0.15, 0.2) is 16.8 Å². The molecule has 0 aliphatic carbocycles. The molecule has 1 heterocycles. The number of hydrogen-bond donors (Lipinski definition) is 1. The van der Waals surface area contributed by atoms with Crippen LogP contribution in [0.25, 0.3) is 0 Å². The first-order valence-electron chi connectivity index (χ1n) is 6.02. The van der Waals surface area contributed by atoms with E-state index in [-0.39, 0.29) is 0 Å². The van der Waals surface area contributed by atoms with Crippen LogP contribution in [0.2, 0.25) is 0 Å². The van der Waals surface area contributed by atoms with Gasteiger partial charge in [0.2, 0.25) is 0 Å². The van der Waals surface area contributed by atoms with Crippen LogP contribution >= 0.6 is 11.3 Å². The lowest BCUT2D eigenvalue weighted by atomic mass is 9.95. The second-order valence-electron chi connectivity index (χ2n) is 4.20. The topological polar surface area (TPSA) is 12.0 Å². The first kappa shape index (κ1) is 12.7. The van der Waals surface area contributed by atoms with Gasteiger partial charge in [0.1, 0.15) is 0 Å². The molecule has 0 aromatic carbocycles. The van der Waals surface area contributed by atoms with Gasteiger partial charge in [0.15, 0.2) is 0 Å². The van der Waals surface area contributed by atoms with E-state index in [0.29, 0.717) is 6.04 Å². The quantitative estimate of drug-likeness (QED) is 0.746. The molecule has 0 spiro atoms. The summed E-state index contributed by atoms with van der Waals surface area (Å²) in [4.78, 5) is 0. The third-order valence-electron chi connectivity index (χ3n) is 3.22. The van der Waals surface area contributed by atoms with Gasteiger partial charge in [-0.2, -0.15) is 11.3 Å². The molecule has 1 atom stereocenters. The maximum absolute atomic E-state index is 3.63. The lowest BCUT2D eigenvalue weighted by Gasteiger charge is -2.22. The molecule has 1 aromatic heterocycles. The van der Waals surface area contributed by atoms with Crippen molar-refractivity contribution in [1.29, 1.82) is 0 Å². The largest absolute Gasteiger partial charge is 0.314 e. The Balaban J connectivity index is 2.19. The minimum Gasteiger partial charge on any atom is -0.314 e. The van der Waals surface area contributed by atoms with Crippen molar-refractivity contribution in [1.82, 2.24) is 5.32 Å². The number of hydrogen-bond acceptors (Lipinski definition) is 2. The van der Waals surface area contributed by atoms with Gasteiger partial charge in [-0.15, -0.1) is 0 Å². The Morgan fingerprint density at radius 2 is 2.07 bits per heavy atom. The standard InChI is InChI=1S/C13H23NS/c1-4-13(5-2)11(3)14-8-6-12-7-9-15-10-12/h7,9-11,13-14H,4-6,8H2,1-3H3. The Hall–Kier alpha value is -0.340. The SMILES string of the molecule is CCC(CC)C(C)NCCc1ccsc1. The molecule has 2 heteroatoms. The van der Waals surface area contributed by atoms with Crippen molar-refractivity contribution in [3.63, 3.8) is 0 Å². The Morgan fingerprint density at radius 1 is 1.33 bits per heavy atom. The molecule has 0 radical (unpaired) electrons. The van der Waals surface area contributed by atoms with Crippen LogP contribution < -0.4 is 5.32 Å². The van der Waals surface area contributed by atoms with Crippen LogP contribution in [0.5, 0.6) is 0 Å². The molecule has 0 saturated carbocycles. The average Bonchev–Trinajstić information content (AvgIpc) is 2.72. The predicted molar refractivity (Wildman–Crippen MR) is 69.6 cm³/mol. The first-order chi connectivity index (χ1) is 7.27. The van der Waals surface area contributed by atoms with Crippen LogP contribution in [0, 0.1) is 5.92 Å². The lowest BCUT2D eigenvalue weighted by molar-refractivity contribution is 0.356. The summed E-state index contributed by atoms with van der Waals surface area (Å²) in [7, 11) is 0. The van der Waals surface area contributed by atoms with Crippen molar-refractivity contribution in [3.8, 4) is 0 Å². The highest BCUT2D eigenvalue weighted by atomic mass is 32.1. The molecule has 1 unspecified atom stereocenters. The minimum absolute atomic E-state index is 0.652. The third-order valence-corrected chi connectivity index (χ3v) is 3.95. The summed E-state index contributed by atoms with van der Waals surface area (Å²) in [5.74, 6) is 0.826.